The fourth-order valence-corrected chi connectivity index (χ4v) is 2.40. The molecule has 1 rings (SSSR count). The van der Waals surface area contributed by atoms with Gasteiger partial charge in [0.15, 0.2) is 0 Å². The molecule has 0 spiro atoms. The quantitative estimate of drug-likeness (QED) is 0.651. The zero-order chi connectivity index (χ0) is 11.5. The third-order valence-corrected chi connectivity index (χ3v) is 3.63. The van der Waals surface area contributed by atoms with Gasteiger partial charge in [-0.1, -0.05) is 19.3 Å². The second-order valence-corrected chi connectivity index (χ2v) is 5.67. The molecule has 0 saturated heterocycles. The molecule has 3 N–H and O–H groups in total. The molecule has 6 heteroatoms. The predicted molar refractivity (Wildman–Crippen MR) is 56.6 cm³/mol. The van der Waals surface area contributed by atoms with E-state index in [0.717, 1.165) is 25.7 Å². The van der Waals surface area contributed by atoms with Gasteiger partial charge in [-0.2, -0.15) is 0 Å². The van der Waals surface area contributed by atoms with E-state index in [1.165, 1.54) is 6.42 Å². The second-order valence-electron chi connectivity index (χ2n) is 4.18. The minimum absolute atomic E-state index is 0.148. The molecule has 0 aromatic carbocycles. The van der Waals surface area contributed by atoms with Crippen LogP contribution in [0, 0.1) is 5.92 Å². The highest BCUT2D eigenvalue weighted by Gasteiger charge is 2.29. The minimum atomic E-state index is -4.61. The fourth-order valence-electron chi connectivity index (χ4n) is 2.03. The number of nitrogens with one attached hydrogen (secondary N) is 1. The smallest absolute Gasteiger partial charge is 0.343 e. The van der Waals surface area contributed by atoms with Gasteiger partial charge in [-0.15, -0.1) is 0 Å². The van der Waals surface area contributed by atoms with Crippen molar-refractivity contribution in [2.75, 3.05) is 0 Å². The minimum Gasteiger partial charge on any atom is -0.343 e. The van der Waals surface area contributed by atoms with E-state index in [1.54, 1.807) is 0 Å². The van der Waals surface area contributed by atoms with Crippen LogP contribution in [-0.4, -0.2) is 21.5 Å². The summed E-state index contributed by atoms with van der Waals surface area (Å²) in [5, 5.41) is 2.39. The zero-order valence-electron chi connectivity index (χ0n) is 8.85. The highest BCUT2D eigenvalue weighted by Crippen LogP contribution is 2.36. The fraction of sp³-hybridized carbons (Fsp3) is 0.889. The van der Waals surface area contributed by atoms with Crippen molar-refractivity contribution < 1.29 is 19.1 Å². The SMILES string of the molecule is C[C@H](NC(=O)P(=O)(O)O)C1CCCCC1. The molecule has 88 valence electrons. The van der Waals surface area contributed by atoms with Crippen LogP contribution in [0.1, 0.15) is 39.0 Å². The van der Waals surface area contributed by atoms with E-state index >= 15 is 0 Å². The molecule has 0 aromatic heterocycles. The maximum atomic E-state index is 11.0. The molecule has 1 saturated carbocycles. The lowest BCUT2D eigenvalue weighted by Crippen LogP contribution is -2.37. The van der Waals surface area contributed by atoms with Crippen LogP contribution in [0.3, 0.4) is 0 Å². The van der Waals surface area contributed by atoms with Gasteiger partial charge in [-0.25, -0.2) is 4.57 Å². The van der Waals surface area contributed by atoms with Gasteiger partial charge in [0, 0.05) is 6.04 Å². The standard InChI is InChI=1S/C9H18NO4P/c1-7(8-5-3-2-4-6-8)10-9(11)15(12,13)14/h7-8H,2-6H2,1H3,(H,10,11)(H2,12,13,14)/t7-/m0/s1. The number of carbonyl (C=O) groups excluding carboxylic acids is 1. The molecule has 5 nitrogen and oxygen atoms in total. The van der Waals surface area contributed by atoms with Gasteiger partial charge in [0.25, 0.3) is 0 Å². The summed E-state index contributed by atoms with van der Waals surface area (Å²) in [4.78, 5) is 28.3. The molecular formula is C9H18NO4P. The van der Waals surface area contributed by atoms with Gasteiger partial charge in [-0.05, 0) is 25.7 Å². The van der Waals surface area contributed by atoms with E-state index in [0.29, 0.717) is 5.92 Å². The lowest BCUT2D eigenvalue weighted by Gasteiger charge is -2.28. The summed E-state index contributed by atoms with van der Waals surface area (Å²) >= 11 is 0. The Labute approximate surface area is 89.4 Å². The van der Waals surface area contributed by atoms with Crippen molar-refractivity contribution in [1.29, 1.82) is 0 Å². The van der Waals surface area contributed by atoms with E-state index in [2.05, 4.69) is 5.32 Å². The first-order valence-corrected chi connectivity index (χ1v) is 6.89. The van der Waals surface area contributed by atoms with Gasteiger partial charge in [0.1, 0.15) is 0 Å². The van der Waals surface area contributed by atoms with Crippen molar-refractivity contribution in [3.05, 3.63) is 0 Å². The largest absolute Gasteiger partial charge is 0.413 e. The van der Waals surface area contributed by atoms with Gasteiger partial charge in [0.2, 0.25) is 0 Å². The maximum absolute atomic E-state index is 11.0. The Balaban J connectivity index is 2.44. The van der Waals surface area contributed by atoms with Crippen LogP contribution >= 0.6 is 7.60 Å². The van der Waals surface area contributed by atoms with E-state index in [1.807, 2.05) is 6.92 Å². The van der Waals surface area contributed by atoms with E-state index in [-0.39, 0.29) is 6.04 Å². The molecule has 1 aliphatic carbocycles. The van der Waals surface area contributed by atoms with Crippen LogP contribution in [0.2, 0.25) is 0 Å². The highest BCUT2D eigenvalue weighted by molar-refractivity contribution is 7.69. The third kappa shape index (κ3) is 3.93. The molecule has 1 atom stereocenters. The van der Waals surface area contributed by atoms with Crippen LogP contribution in [0.5, 0.6) is 0 Å². The number of hydrogen-bond donors (Lipinski definition) is 3. The summed E-state index contributed by atoms with van der Waals surface area (Å²) in [7, 11) is -4.61. The lowest BCUT2D eigenvalue weighted by atomic mass is 9.85. The maximum Gasteiger partial charge on any atom is 0.413 e. The van der Waals surface area contributed by atoms with Crippen molar-refractivity contribution >= 4 is 13.2 Å². The topological polar surface area (TPSA) is 86.6 Å². The summed E-state index contributed by atoms with van der Waals surface area (Å²) < 4.78 is 10.6. The van der Waals surface area contributed by atoms with Crippen LogP contribution in [0.15, 0.2) is 0 Å². The average Bonchev–Trinajstić information content (AvgIpc) is 2.17. The number of hydrogen-bond acceptors (Lipinski definition) is 2. The molecule has 0 aromatic rings. The molecule has 0 heterocycles. The normalized spacial score (nSPS) is 21.0. The second kappa shape index (κ2) is 5.10. The van der Waals surface area contributed by atoms with Crippen LogP contribution in [-0.2, 0) is 4.57 Å². The molecular weight excluding hydrogens is 217 g/mol. The molecule has 0 radical (unpaired) electrons. The van der Waals surface area contributed by atoms with Crippen LogP contribution in [0.4, 0.5) is 4.79 Å². The van der Waals surface area contributed by atoms with E-state index < -0.39 is 13.2 Å². The highest BCUT2D eigenvalue weighted by atomic mass is 31.2. The molecule has 0 bridgehead atoms. The summed E-state index contributed by atoms with van der Waals surface area (Å²) in [6.45, 7) is 1.81. The summed E-state index contributed by atoms with van der Waals surface area (Å²) in [6.07, 6.45) is 5.56. The Hall–Kier alpha value is -0.380. The van der Waals surface area contributed by atoms with Gasteiger partial charge in [-0.3, -0.25) is 4.79 Å². The lowest BCUT2D eigenvalue weighted by molar-refractivity contribution is 0.233. The monoisotopic (exact) mass is 235 g/mol. The van der Waals surface area contributed by atoms with Crippen LogP contribution < -0.4 is 5.32 Å². The van der Waals surface area contributed by atoms with Crippen molar-refractivity contribution in [1.82, 2.24) is 5.32 Å². The van der Waals surface area contributed by atoms with E-state index in [4.69, 9.17) is 9.79 Å². The molecule has 0 aliphatic heterocycles. The predicted octanol–water partition coefficient (Wildman–Crippen LogP) is 1.84. The van der Waals surface area contributed by atoms with Crippen molar-refractivity contribution in [2.24, 2.45) is 5.92 Å². The van der Waals surface area contributed by atoms with E-state index in [9.17, 15) is 9.36 Å². The molecule has 15 heavy (non-hydrogen) atoms. The summed E-state index contributed by atoms with van der Waals surface area (Å²) in [6, 6.07) is -0.148. The zero-order valence-corrected chi connectivity index (χ0v) is 9.74. The molecule has 1 fully saturated rings. The first-order chi connectivity index (χ1) is 6.91. The Kier molecular flexibility index (Phi) is 4.32. The Bertz CT molecular complexity index is 269. The average molecular weight is 235 g/mol. The molecule has 1 aliphatic rings. The van der Waals surface area contributed by atoms with Crippen molar-refractivity contribution in [3.63, 3.8) is 0 Å². The summed E-state index contributed by atoms with van der Waals surface area (Å²) in [5.74, 6) is 0.356. The van der Waals surface area contributed by atoms with Gasteiger partial charge < -0.3 is 15.1 Å². The van der Waals surface area contributed by atoms with Crippen molar-refractivity contribution in [3.8, 4) is 0 Å². The summed E-state index contributed by atoms with van der Waals surface area (Å²) in [5.41, 5.74) is -1.15. The first kappa shape index (κ1) is 12.7. The number of rotatable bonds is 3. The molecule has 1 amide bonds. The van der Waals surface area contributed by atoms with Gasteiger partial charge in [0.05, 0.1) is 0 Å². The number of amides is 1. The third-order valence-electron chi connectivity index (χ3n) is 2.97. The Morgan fingerprint density at radius 3 is 2.33 bits per heavy atom. The number of carbonyl (C=O) groups is 1. The van der Waals surface area contributed by atoms with Crippen LogP contribution in [0.25, 0.3) is 0 Å². The first-order valence-electron chi connectivity index (χ1n) is 5.28. The Morgan fingerprint density at radius 1 is 1.33 bits per heavy atom. The molecule has 0 unspecified atom stereocenters. The van der Waals surface area contributed by atoms with Gasteiger partial charge >= 0.3 is 13.2 Å². The Morgan fingerprint density at radius 2 is 1.87 bits per heavy atom. The van der Waals surface area contributed by atoms with Crippen molar-refractivity contribution in [2.45, 2.75) is 45.1 Å².